The van der Waals surface area contributed by atoms with Crippen LogP contribution in [-0.4, -0.2) is 138 Å². The van der Waals surface area contributed by atoms with Crippen LogP contribution in [0.4, 0.5) is 0 Å². The summed E-state index contributed by atoms with van der Waals surface area (Å²) in [6.45, 7) is 5.42. The molecule has 0 aromatic carbocycles. The number of nitrogens with two attached hydrogens (primary N) is 1. The van der Waals surface area contributed by atoms with Crippen LogP contribution in [0.5, 0.6) is 0 Å². The van der Waals surface area contributed by atoms with Crippen LogP contribution in [0.15, 0.2) is 0 Å². The Labute approximate surface area is 206 Å². The van der Waals surface area contributed by atoms with Crippen LogP contribution in [-0.2, 0) is 18.9 Å². The van der Waals surface area contributed by atoms with E-state index < -0.39 is 72.4 Å². The zero-order valence-electron chi connectivity index (χ0n) is 21.1. The molecule has 13 heteroatoms. The average Bonchev–Trinajstić information content (AvgIpc) is 2.77. The van der Waals surface area contributed by atoms with Crippen molar-refractivity contribution in [1.29, 1.82) is 0 Å². The van der Waals surface area contributed by atoms with Gasteiger partial charge in [0.25, 0.3) is 0 Å². The summed E-state index contributed by atoms with van der Waals surface area (Å²) in [6.07, 6.45) is -7.46. The summed E-state index contributed by atoms with van der Waals surface area (Å²) in [4.78, 5) is 0. The highest BCUT2D eigenvalue weighted by atomic mass is 16.7. The van der Waals surface area contributed by atoms with Gasteiger partial charge in [-0.25, -0.2) is 0 Å². The molecule has 0 spiro atoms. The van der Waals surface area contributed by atoms with E-state index >= 15 is 0 Å². The highest BCUT2D eigenvalue weighted by Crippen LogP contribution is 2.32. The van der Waals surface area contributed by atoms with E-state index in [0.717, 1.165) is 0 Å². The lowest BCUT2D eigenvalue weighted by Gasteiger charge is -2.50. The van der Waals surface area contributed by atoms with Gasteiger partial charge in [-0.05, 0) is 40.9 Å². The predicted octanol–water partition coefficient (Wildman–Crippen LogP) is -4.06. The molecule has 0 bridgehead atoms. The highest BCUT2D eigenvalue weighted by Gasteiger charge is 2.53. The number of ether oxygens (including phenoxy) is 4. The van der Waals surface area contributed by atoms with Crippen molar-refractivity contribution in [1.82, 2.24) is 16.0 Å². The van der Waals surface area contributed by atoms with Crippen LogP contribution in [0.1, 0.15) is 27.2 Å². The van der Waals surface area contributed by atoms with E-state index in [0.29, 0.717) is 13.0 Å². The predicted molar refractivity (Wildman–Crippen MR) is 124 cm³/mol. The van der Waals surface area contributed by atoms with Crippen molar-refractivity contribution in [3.8, 4) is 0 Å². The SMILES string of the molecule is CCN[C@H]1C[C@@H](N)[C@H](O[C@H]2OC[C@](C)(O)[C@H](NC)[C@@H]2O)[C@H](O)[C@@H]1O[C@@H]1OC[C@](C)(O)[C@H](NC)[C@H]1O. The highest BCUT2D eigenvalue weighted by molar-refractivity contribution is 5.03. The number of likely N-dealkylation sites (N-methyl/N-ethyl adjacent to an activating group) is 3. The Morgan fingerprint density at radius 2 is 1.31 bits per heavy atom. The van der Waals surface area contributed by atoms with E-state index in [9.17, 15) is 25.5 Å². The van der Waals surface area contributed by atoms with Crippen LogP contribution in [0.25, 0.3) is 0 Å². The molecule has 3 rings (SSSR count). The van der Waals surface area contributed by atoms with Crippen molar-refractivity contribution in [2.45, 2.75) is 106 Å². The number of rotatable bonds is 8. The molecule has 2 saturated heterocycles. The number of nitrogens with one attached hydrogen (secondary N) is 3. The van der Waals surface area contributed by atoms with Gasteiger partial charge in [-0.2, -0.15) is 0 Å². The van der Waals surface area contributed by atoms with E-state index in [2.05, 4.69) is 16.0 Å². The Kier molecular flexibility index (Phi) is 9.52. The van der Waals surface area contributed by atoms with Crippen LogP contribution >= 0.6 is 0 Å². The first kappa shape index (κ1) is 29.0. The molecule has 0 aromatic heterocycles. The largest absolute Gasteiger partial charge is 0.388 e. The molecule has 0 unspecified atom stereocenters. The Balaban J connectivity index is 1.76. The smallest absolute Gasteiger partial charge is 0.185 e. The zero-order chi connectivity index (χ0) is 26.1. The van der Waals surface area contributed by atoms with E-state index in [1.54, 1.807) is 27.9 Å². The molecular formula is C22H44N4O9. The minimum Gasteiger partial charge on any atom is -0.388 e. The van der Waals surface area contributed by atoms with Crippen molar-refractivity contribution in [3.63, 3.8) is 0 Å². The first-order chi connectivity index (χ1) is 16.4. The third-order valence-corrected chi connectivity index (χ3v) is 7.35. The number of hydrogen-bond donors (Lipinski definition) is 9. The van der Waals surface area contributed by atoms with Gasteiger partial charge in [-0.15, -0.1) is 0 Å². The quantitative estimate of drug-likeness (QED) is 0.153. The van der Waals surface area contributed by atoms with E-state index in [4.69, 9.17) is 24.7 Å². The monoisotopic (exact) mass is 508 g/mol. The van der Waals surface area contributed by atoms with Gasteiger partial charge in [0, 0.05) is 12.1 Å². The Bertz CT molecular complexity index is 687. The van der Waals surface area contributed by atoms with E-state index in [-0.39, 0.29) is 19.3 Å². The molecule has 1 aliphatic carbocycles. The van der Waals surface area contributed by atoms with Crippen molar-refractivity contribution < 1.29 is 44.5 Å². The first-order valence-corrected chi connectivity index (χ1v) is 12.2. The third-order valence-electron chi connectivity index (χ3n) is 7.35. The molecule has 3 fully saturated rings. The van der Waals surface area contributed by atoms with Crippen LogP contribution in [0.2, 0.25) is 0 Å². The second kappa shape index (κ2) is 11.5. The maximum absolute atomic E-state index is 11.3. The fraction of sp³-hybridized carbons (Fsp3) is 1.00. The topological polar surface area (TPSA) is 200 Å². The summed E-state index contributed by atoms with van der Waals surface area (Å²) in [7, 11) is 3.23. The van der Waals surface area contributed by atoms with Gasteiger partial charge in [-0.1, -0.05) is 6.92 Å². The molecule has 13 atom stereocenters. The second-order valence-corrected chi connectivity index (χ2v) is 10.3. The third kappa shape index (κ3) is 5.98. The maximum atomic E-state index is 11.3. The van der Waals surface area contributed by atoms with Crippen LogP contribution < -0.4 is 21.7 Å². The normalized spacial score (nSPS) is 51.3. The summed E-state index contributed by atoms with van der Waals surface area (Å²) in [5.41, 5.74) is 3.74. The summed E-state index contributed by atoms with van der Waals surface area (Å²) < 4.78 is 23.3. The van der Waals surface area contributed by atoms with Gasteiger partial charge in [0.1, 0.15) is 41.7 Å². The lowest BCUT2D eigenvalue weighted by molar-refractivity contribution is -0.318. The molecule has 13 nitrogen and oxygen atoms in total. The summed E-state index contributed by atoms with van der Waals surface area (Å²) in [5.74, 6) is 0. The molecule has 35 heavy (non-hydrogen) atoms. The Hall–Kier alpha value is -0.520. The molecule has 0 radical (unpaired) electrons. The van der Waals surface area contributed by atoms with Crippen LogP contribution in [0.3, 0.4) is 0 Å². The lowest BCUT2D eigenvalue weighted by Crippen LogP contribution is -2.70. The minimum absolute atomic E-state index is 0.0815. The molecule has 206 valence electrons. The molecule has 2 heterocycles. The summed E-state index contributed by atoms with van der Waals surface area (Å²) in [5, 5.41) is 62.9. The van der Waals surface area contributed by atoms with Gasteiger partial charge < -0.3 is 66.2 Å². The number of hydrogen-bond acceptors (Lipinski definition) is 13. The Morgan fingerprint density at radius 3 is 1.74 bits per heavy atom. The van der Waals surface area contributed by atoms with Gasteiger partial charge in [-0.3, -0.25) is 0 Å². The molecular weight excluding hydrogens is 464 g/mol. The van der Waals surface area contributed by atoms with Gasteiger partial charge in [0.05, 0.1) is 25.3 Å². The Morgan fingerprint density at radius 1 is 0.857 bits per heavy atom. The molecule has 1 saturated carbocycles. The van der Waals surface area contributed by atoms with Gasteiger partial charge in [0.15, 0.2) is 12.6 Å². The molecule has 0 amide bonds. The van der Waals surface area contributed by atoms with Crippen molar-refractivity contribution >= 4 is 0 Å². The van der Waals surface area contributed by atoms with Crippen molar-refractivity contribution in [2.75, 3.05) is 33.9 Å². The molecule has 2 aliphatic heterocycles. The fourth-order valence-corrected chi connectivity index (χ4v) is 5.50. The number of aliphatic hydroxyl groups excluding tert-OH is 3. The average molecular weight is 509 g/mol. The van der Waals surface area contributed by atoms with Crippen LogP contribution in [0, 0.1) is 0 Å². The van der Waals surface area contributed by atoms with E-state index in [1.165, 1.54) is 0 Å². The second-order valence-electron chi connectivity index (χ2n) is 10.3. The minimum atomic E-state index is -1.32. The summed E-state index contributed by atoms with van der Waals surface area (Å²) in [6, 6.07) is -2.44. The molecule has 10 N–H and O–H groups in total. The number of aliphatic hydroxyl groups is 5. The van der Waals surface area contributed by atoms with Crippen molar-refractivity contribution in [3.05, 3.63) is 0 Å². The molecule has 0 aromatic rings. The van der Waals surface area contributed by atoms with Gasteiger partial charge in [0.2, 0.25) is 0 Å². The van der Waals surface area contributed by atoms with Crippen molar-refractivity contribution in [2.24, 2.45) is 5.73 Å². The lowest BCUT2D eigenvalue weighted by atomic mass is 9.83. The standard InChI is InChI=1S/C22H44N4O9/c1-6-26-11-7-10(23)15(34-19-13(28)17(24-4)21(2,30)8-32-19)12(27)16(11)35-20-14(29)18(25-5)22(3,31)9-33-20/h10-20,24-31H,6-9,23H2,1-5H3/t10-,11+,12+,13+,14-,15+,16-,17-,18-,19-,20+,21+,22+/m1/s1. The van der Waals surface area contributed by atoms with Gasteiger partial charge >= 0.3 is 0 Å². The zero-order valence-corrected chi connectivity index (χ0v) is 21.1. The van der Waals surface area contributed by atoms with E-state index in [1.807, 2.05) is 6.92 Å². The summed E-state index contributed by atoms with van der Waals surface area (Å²) >= 11 is 0. The fourth-order valence-electron chi connectivity index (χ4n) is 5.50. The molecule has 3 aliphatic rings. The first-order valence-electron chi connectivity index (χ1n) is 12.2. The maximum Gasteiger partial charge on any atom is 0.185 e.